The quantitative estimate of drug-likeness (QED) is 0.766. The molecule has 1 N–H and O–H groups in total. The van der Waals surface area contributed by atoms with E-state index >= 15 is 0 Å². The third-order valence-corrected chi connectivity index (χ3v) is 1.98. The van der Waals surface area contributed by atoms with Crippen LogP contribution in [0.1, 0.15) is 37.7 Å². The third kappa shape index (κ3) is 2.26. The Kier molecular flexibility index (Phi) is 3.39. The third-order valence-electron chi connectivity index (χ3n) is 1.98. The molecule has 1 aromatic heterocycles. The molecule has 1 aromatic rings. The van der Waals surface area contributed by atoms with Crippen molar-refractivity contribution in [2.24, 2.45) is 0 Å². The summed E-state index contributed by atoms with van der Waals surface area (Å²) in [7, 11) is 3.26. The average Bonchev–Trinajstić information content (AvgIpc) is 2.64. The molecule has 5 nitrogen and oxygen atoms in total. The summed E-state index contributed by atoms with van der Waals surface area (Å²) < 4.78 is 10.2. The van der Waals surface area contributed by atoms with Gasteiger partial charge in [-0.3, -0.25) is 5.10 Å². The number of hydrogen-bond donors (Lipinski definition) is 1. The van der Waals surface area contributed by atoms with E-state index in [1.807, 2.05) is 13.8 Å². The van der Waals surface area contributed by atoms with Gasteiger partial charge in [-0.15, -0.1) is 0 Å². The summed E-state index contributed by atoms with van der Waals surface area (Å²) in [5, 5.41) is 6.82. The molecule has 0 saturated heterocycles. The van der Waals surface area contributed by atoms with Gasteiger partial charge in [0.25, 0.3) is 0 Å². The molecule has 0 aliphatic rings. The molecule has 1 heterocycles. The Bertz CT molecular complexity index is 237. The van der Waals surface area contributed by atoms with Gasteiger partial charge in [0, 0.05) is 14.2 Å². The van der Waals surface area contributed by atoms with Crippen LogP contribution in [0.2, 0.25) is 0 Å². The highest BCUT2D eigenvalue weighted by molar-refractivity contribution is 4.95. The molecule has 0 spiro atoms. The lowest BCUT2D eigenvalue weighted by Crippen LogP contribution is -2.00. The van der Waals surface area contributed by atoms with Crippen molar-refractivity contribution in [2.75, 3.05) is 14.2 Å². The van der Waals surface area contributed by atoms with Crippen molar-refractivity contribution >= 4 is 0 Å². The molecule has 0 aromatic carbocycles. The lowest BCUT2D eigenvalue weighted by Gasteiger charge is -2.04. The van der Waals surface area contributed by atoms with E-state index in [1.54, 1.807) is 14.2 Å². The second kappa shape index (κ2) is 4.34. The number of hydrogen-bond acceptors (Lipinski definition) is 4. The Morgan fingerprint density at radius 3 is 2.31 bits per heavy atom. The van der Waals surface area contributed by atoms with Gasteiger partial charge >= 0.3 is 0 Å². The van der Waals surface area contributed by atoms with Crippen molar-refractivity contribution in [3.05, 3.63) is 11.6 Å². The van der Waals surface area contributed by atoms with E-state index in [1.165, 1.54) is 0 Å². The van der Waals surface area contributed by atoms with Gasteiger partial charge in [0.2, 0.25) is 0 Å². The molecule has 1 rings (SSSR count). The van der Waals surface area contributed by atoms with E-state index in [2.05, 4.69) is 15.2 Å². The van der Waals surface area contributed by atoms with Crippen LogP contribution in [0, 0.1) is 0 Å². The molecule has 0 aliphatic carbocycles. The van der Waals surface area contributed by atoms with Gasteiger partial charge in [-0.05, 0) is 13.8 Å². The van der Waals surface area contributed by atoms with E-state index in [0.29, 0.717) is 5.82 Å². The highest BCUT2D eigenvalue weighted by Gasteiger charge is 2.13. The van der Waals surface area contributed by atoms with Crippen molar-refractivity contribution in [3.8, 4) is 0 Å². The molecule has 0 saturated carbocycles. The average molecular weight is 185 g/mol. The largest absolute Gasteiger partial charge is 0.374 e. The van der Waals surface area contributed by atoms with Gasteiger partial charge in [0.1, 0.15) is 12.2 Å². The fourth-order valence-electron chi connectivity index (χ4n) is 0.869. The predicted octanol–water partition coefficient (Wildman–Crippen LogP) is 1.22. The lowest BCUT2D eigenvalue weighted by molar-refractivity contribution is 0.107. The van der Waals surface area contributed by atoms with Gasteiger partial charge in [-0.1, -0.05) is 0 Å². The molecule has 0 unspecified atom stereocenters. The number of rotatable bonds is 4. The Morgan fingerprint density at radius 2 is 1.77 bits per heavy atom. The van der Waals surface area contributed by atoms with E-state index in [9.17, 15) is 0 Å². The number of methoxy groups -OCH3 is 2. The number of aromatic amines is 1. The van der Waals surface area contributed by atoms with Crippen LogP contribution in [0.4, 0.5) is 0 Å². The number of nitrogens with zero attached hydrogens (tertiary/aromatic N) is 2. The fraction of sp³-hybridized carbons (Fsp3) is 0.750. The number of nitrogens with one attached hydrogen (secondary N) is 1. The van der Waals surface area contributed by atoms with Crippen LogP contribution in [0.15, 0.2) is 0 Å². The van der Waals surface area contributed by atoms with Crippen molar-refractivity contribution in [1.29, 1.82) is 0 Å². The Balaban J connectivity index is 2.74. The van der Waals surface area contributed by atoms with E-state index < -0.39 is 0 Å². The number of ether oxygens (including phenoxy) is 2. The smallest absolute Gasteiger partial charge is 0.179 e. The molecule has 74 valence electrons. The minimum atomic E-state index is -0.0888. The van der Waals surface area contributed by atoms with E-state index in [4.69, 9.17) is 9.47 Å². The van der Waals surface area contributed by atoms with Gasteiger partial charge < -0.3 is 9.47 Å². The maximum atomic E-state index is 5.09. The zero-order chi connectivity index (χ0) is 9.84. The van der Waals surface area contributed by atoms with E-state index in [0.717, 1.165) is 5.82 Å². The van der Waals surface area contributed by atoms with Crippen LogP contribution in [0.25, 0.3) is 0 Å². The molecule has 5 heteroatoms. The molecule has 0 radical (unpaired) electrons. The summed E-state index contributed by atoms with van der Waals surface area (Å²) in [5.74, 6) is 1.38. The first-order valence-corrected chi connectivity index (χ1v) is 4.16. The minimum Gasteiger partial charge on any atom is -0.374 e. The van der Waals surface area contributed by atoms with Crippen LogP contribution in [-0.4, -0.2) is 29.4 Å². The summed E-state index contributed by atoms with van der Waals surface area (Å²) in [6, 6.07) is 0. The summed E-state index contributed by atoms with van der Waals surface area (Å²) in [5.41, 5.74) is 0. The lowest BCUT2D eigenvalue weighted by atomic mass is 10.3. The fourth-order valence-corrected chi connectivity index (χ4v) is 0.869. The van der Waals surface area contributed by atoms with Gasteiger partial charge in [0.15, 0.2) is 11.6 Å². The number of H-pyrrole nitrogens is 1. The molecule has 13 heavy (non-hydrogen) atoms. The second-order valence-electron chi connectivity index (χ2n) is 2.83. The summed E-state index contributed by atoms with van der Waals surface area (Å²) >= 11 is 0. The Labute approximate surface area is 77.5 Å². The van der Waals surface area contributed by atoms with Crippen LogP contribution >= 0.6 is 0 Å². The Hall–Kier alpha value is -0.940. The molecular weight excluding hydrogens is 170 g/mol. The summed E-state index contributed by atoms with van der Waals surface area (Å²) in [4.78, 5) is 4.24. The van der Waals surface area contributed by atoms with Crippen molar-refractivity contribution in [3.63, 3.8) is 0 Å². The zero-order valence-corrected chi connectivity index (χ0v) is 8.37. The second-order valence-corrected chi connectivity index (χ2v) is 2.83. The molecule has 0 aliphatic heterocycles. The monoisotopic (exact) mass is 185 g/mol. The molecule has 2 atom stereocenters. The topological polar surface area (TPSA) is 60.0 Å². The molecule has 0 bridgehead atoms. The maximum absolute atomic E-state index is 5.09. The van der Waals surface area contributed by atoms with E-state index in [-0.39, 0.29) is 12.2 Å². The standard InChI is InChI=1S/C8H15N3O2/c1-5(12-3)7-9-8(11-10-7)6(2)13-4/h5-6H,1-4H3,(H,9,10,11)/t5-,6-/m0/s1. The van der Waals surface area contributed by atoms with Gasteiger partial charge in [0.05, 0.1) is 0 Å². The first-order valence-electron chi connectivity index (χ1n) is 4.16. The summed E-state index contributed by atoms with van der Waals surface area (Å²) in [6.07, 6.45) is -0.153. The van der Waals surface area contributed by atoms with Crippen molar-refractivity contribution in [2.45, 2.75) is 26.1 Å². The van der Waals surface area contributed by atoms with Crippen LogP contribution in [-0.2, 0) is 9.47 Å². The highest BCUT2D eigenvalue weighted by Crippen LogP contribution is 2.14. The zero-order valence-electron chi connectivity index (χ0n) is 8.37. The normalized spacial score (nSPS) is 15.7. The highest BCUT2D eigenvalue weighted by atomic mass is 16.5. The van der Waals surface area contributed by atoms with Crippen molar-refractivity contribution in [1.82, 2.24) is 15.2 Å². The predicted molar refractivity (Wildman–Crippen MR) is 47.2 cm³/mol. The summed E-state index contributed by atoms with van der Waals surface area (Å²) in [6.45, 7) is 3.80. The van der Waals surface area contributed by atoms with Crippen LogP contribution in [0.3, 0.4) is 0 Å². The van der Waals surface area contributed by atoms with Gasteiger partial charge in [-0.25, -0.2) is 4.98 Å². The molecular formula is C8H15N3O2. The first-order chi connectivity index (χ1) is 6.19. The first kappa shape index (κ1) is 10.1. The number of aromatic nitrogens is 3. The SMILES string of the molecule is CO[C@@H](C)c1n[nH]c([C@H](C)OC)n1. The minimum absolute atomic E-state index is 0.0645. The van der Waals surface area contributed by atoms with Gasteiger partial charge in [-0.2, -0.15) is 5.10 Å². The Morgan fingerprint density at radius 1 is 1.15 bits per heavy atom. The van der Waals surface area contributed by atoms with Crippen LogP contribution < -0.4 is 0 Å². The van der Waals surface area contributed by atoms with Crippen LogP contribution in [0.5, 0.6) is 0 Å². The maximum Gasteiger partial charge on any atom is 0.179 e. The molecule has 0 fully saturated rings. The molecule has 0 amide bonds. The van der Waals surface area contributed by atoms with Crippen molar-refractivity contribution < 1.29 is 9.47 Å².